The fraction of sp³-hybridized carbons (Fsp3) is 0.941. The average molecular weight is 836 g/mol. The van der Waals surface area contributed by atoms with Crippen LogP contribution in [-0.2, 0) is 33.3 Å². The Bertz CT molecular complexity index is 890. The van der Waals surface area contributed by atoms with Gasteiger partial charge in [-0.3, -0.25) is 19.3 Å². The molecule has 348 valence electrons. The fourth-order valence-electron chi connectivity index (χ4n) is 8.21. The van der Waals surface area contributed by atoms with Crippen molar-refractivity contribution < 1.29 is 33.3 Å². The summed E-state index contributed by atoms with van der Waals surface area (Å²) in [5.74, 6) is 0.977. The van der Waals surface area contributed by atoms with Gasteiger partial charge in [0, 0.05) is 32.4 Å². The van der Waals surface area contributed by atoms with Crippen LogP contribution in [-0.4, -0.2) is 75.0 Å². The highest BCUT2D eigenvalue weighted by Crippen LogP contribution is 2.20. The first-order chi connectivity index (χ1) is 28.9. The molecular formula is C51H97NO7. The predicted octanol–water partition coefficient (Wildman–Crippen LogP) is 13.9. The molecule has 1 aliphatic heterocycles. The van der Waals surface area contributed by atoms with E-state index in [-0.39, 0.29) is 24.0 Å². The van der Waals surface area contributed by atoms with E-state index in [4.69, 9.17) is 18.9 Å². The standard InChI is InChI=1S/C51H97NO7/c1-5-46(6-2)44-57-49(53)36-31-27-23-19-15-11-9-13-17-21-25-29-34-48(59-51(55)38-33-39-52-40-42-56-43-41-52)35-30-26-22-18-14-10-12-16-20-24-28-32-37-50(54)58-45-47(7-3)8-4/h46-48H,5-45H2,1-4H3. The first kappa shape index (κ1) is 55.3. The van der Waals surface area contributed by atoms with Crippen molar-refractivity contribution in [2.24, 2.45) is 11.8 Å². The number of hydrogen-bond acceptors (Lipinski definition) is 8. The molecule has 0 aliphatic carbocycles. The second-order valence-corrected chi connectivity index (χ2v) is 18.0. The monoisotopic (exact) mass is 836 g/mol. The summed E-state index contributed by atoms with van der Waals surface area (Å²) in [5.41, 5.74) is 0. The van der Waals surface area contributed by atoms with Gasteiger partial charge in [-0.1, -0.05) is 182 Å². The summed E-state index contributed by atoms with van der Waals surface area (Å²) in [6.45, 7) is 14.3. The van der Waals surface area contributed by atoms with E-state index in [0.717, 1.165) is 116 Å². The van der Waals surface area contributed by atoms with Crippen molar-refractivity contribution in [2.75, 3.05) is 46.1 Å². The van der Waals surface area contributed by atoms with Crippen LogP contribution in [0, 0.1) is 11.8 Å². The van der Waals surface area contributed by atoms with Gasteiger partial charge in [0.05, 0.1) is 26.4 Å². The normalized spacial score (nSPS) is 13.5. The third-order valence-corrected chi connectivity index (χ3v) is 12.8. The number of hydrogen-bond donors (Lipinski definition) is 0. The van der Waals surface area contributed by atoms with E-state index in [0.29, 0.717) is 44.3 Å². The zero-order chi connectivity index (χ0) is 42.9. The van der Waals surface area contributed by atoms with Crippen LogP contribution in [0.3, 0.4) is 0 Å². The van der Waals surface area contributed by atoms with Gasteiger partial charge >= 0.3 is 17.9 Å². The van der Waals surface area contributed by atoms with Crippen LogP contribution in [0.25, 0.3) is 0 Å². The van der Waals surface area contributed by atoms with Gasteiger partial charge in [-0.15, -0.1) is 0 Å². The van der Waals surface area contributed by atoms with Crippen LogP contribution in [0.5, 0.6) is 0 Å². The lowest BCUT2D eigenvalue weighted by molar-refractivity contribution is -0.150. The Labute approximate surface area is 365 Å². The Morgan fingerprint density at radius 2 is 0.763 bits per heavy atom. The molecular weight excluding hydrogens is 739 g/mol. The lowest BCUT2D eigenvalue weighted by atomic mass is 10.0. The van der Waals surface area contributed by atoms with Gasteiger partial charge in [-0.2, -0.15) is 0 Å². The van der Waals surface area contributed by atoms with Crippen molar-refractivity contribution in [3.8, 4) is 0 Å². The minimum absolute atomic E-state index is 0.00622. The van der Waals surface area contributed by atoms with Crippen LogP contribution >= 0.6 is 0 Å². The molecule has 1 aliphatic rings. The number of carbonyl (C=O) groups is 3. The summed E-state index contributed by atoms with van der Waals surface area (Å²) in [7, 11) is 0. The SMILES string of the molecule is CCC(CC)COC(=O)CCCCCCCCCCCCCCC(CCCCCCCCCCCCCCC(=O)OCC(CC)CC)OC(=O)CCCN1CCOCC1. The predicted molar refractivity (Wildman–Crippen MR) is 246 cm³/mol. The Morgan fingerprint density at radius 3 is 1.12 bits per heavy atom. The summed E-state index contributed by atoms with van der Waals surface area (Å²) in [5, 5.41) is 0. The molecule has 1 fully saturated rings. The number of unbranched alkanes of at least 4 members (excludes halogenated alkanes) is 22. The molecule has 0 amide bonds. The summed E-state index contributed by atoms with van der Waals surface area (Å²) in [6, 6.07) is 0. The number of morpholine rings is 1. The molecule has 0 bridgehead atoms. The molecule has 0 spiro atoms. The first-order valence-corrected chi connectivity index (χ1v) is 25.7. The first-order valence-electron chi connectivity index (χ1n) is 25.7. The van der Waals surface area contributed by atoms with E-state index in [1.165, 1.54) is 116 Å². The number of ether oxygens (including phenoxy) is 4. The van der Waals surface area contributed by atoms with E-state index in [1.54, 1.807) is 0 Å². The second-order valence-electron chi connectivity index (χ2n) is 18.0. The third kappa shape index (κ3) is 35.6. The maximum Gasteiger partial charge on any atom is 0.306 e. The van der Waals surface area contributed by atoms with Crippen molar-refractivity contribution in [3.63, 3.8) is 0 Å². The molecule has 1 rings (SSSR count). The van der Waals surface area contributed by atoms with E-state index in [2.05, 4.69) is 32.6 Å². The van der Waals surface area contributed by atoms with Crippen LogP contribution in [0.15, 0.2) is 0 Å². The van der Waals surface area contributed by atoms with Gasteiger partial charge in [0.2, 0.25) is 0 Å². The van der Waals surface area contributed by atoms with E-state index < -0.39 is 0 Å². The molecule has 0 N–H and O–H groups in total. The van der Waals surface area contributed by atoms with E-state index in [9.17, 15) is 14.4 Å². The largest absolute Gasteiger partial charge is 0.465 e. The summed E-state index contributed by atoms with van der Waals surface area (Å²) in [4.78, 5) is 39.1. The van der Waals surface area contributed by atoms with Crippen molar-refractivity contribution in [2.45, 2.75) is 252 Å². The molecule has 59 heavy (non-hydrogen) atoms. The molecule has 8 heteroatoms. The Hall–Kier alpha value is -1.67. The van der Waals surface area contributed by atoms with Crippen molar-refractivity contribution in [1.29, 1.82) is 0 Å². The Balaban J connectivity index is 2.11. The van der Waals surface area contributed by atoms with Crippen LogP contribution < -0.4 is 0 Å². The molecule has 0 unspecified atom stereocenters. The lowest BCUT2D eigenvalue weighted by Crippen LogP contribution is -2.37. The van der Waals surface area contributed by atoms with Gasteiger partial charge in [-0.25, -0.2) is 0 Å². The zero-order valence-electron chi connectivity index (χ0n) is 39.5. The van der Waals surface area contributed by atoms with E-state index in [1.807, 2.05) is 0 Å². The Morgan fingerprint density at radius 1 is 0.441 bits per heavy atom. The highest BCUT2D eigenvalue weighted by atomic mass is 16.5. The van der Waals surface area contributed by atoms with Gasteiger partial charge in [0.1, 0.15) is 6.10 Å². The molecule has 0 radical (unpaired) electrons. The van der Waals surface area contributed by atoms with Crippen molar-refractivity contribution in [3.05, 3.63) is 0 Å². The molecule has 0 saturated carbocycles. The number of rotatable bonds is 43. The average Bonchev–Trinajstić information content (AvgIpc) is 3.24. The van der Waals surface area contributed by atoms with E-state index >= 15 is 0 Å². The maximum atomic E-state index is 12.8. The van der Waals surface area contributed by atoms with Gasteiger partial charge in [0.25, 0.3) is 0 Å². The molecule has 0 atom stereocenters. The summed E-state index contributed by atoms with van der Waals surface area (Å²) in [6.07, 6.45) is 38.6. The molecule has 0 aromatic heterocycles. The summed E-state index contributed by atoms with van der Waals surface area (Å²) >= 11 is 0. The quantitative estimate of drug-likeness (QED) is 0.0341. The number of carbonyl (C=O) groups excluding carboxylic acids is 3. The minimum atomic E-state index is -0.0172. The topological polar surface area (TPSA) is 91.4 Å². The molecule has 1 saturated heterocycles. The molecule has 0 aromatic rings. The van der Waals surface area contributed by atoms with Crippen LogP contribution in [0.4, 0.5) is 0 Å². The lowest BCUT2D eigenvalue weighted by Gasteiger charge is -2.26. The Kier molecular flexibility index (Phi) is 39.1. The van der Waals surface area contributed by atoms with Crippen molar-refractivity contribution >= 4 is 17.9 Å². The summed E-state index contributed by atoms with van der Waals surface area (Å²) < 4.78 is 22.4. The zero-order valence-corrected chi connectivity index (χ0v) is 39.5. The molecule has 1 heterocycles. The van der Waals surface area contributed by atoms with Gasteiger partial charge in [0.15, 0.2) is 0 Å². The third-order valence-electron chi connectivity index (χ3n) is 12.8. The van der Waals surface area contributed by atoms with Gasteiger partial charge < -0.3 is 18.9 Å². The molecule has 0 aromatic carbocycles. The minimum Gasteiger partial charge on any atom is -0.465 e. The second kappa shape index (κ2) is 41.7. The highest BCUT2D eigenvalue weighted by molar-refractivity contribution is 5.70. The van der Waals surface area contributed by atoms with Crippen LogP contribution in [0.2, 0.25) is 0 Å². The highest BCUT2D eigenvalue weighted by Gasteiger charge is 2.16. The van der Waals surface area contributed by atoms with Crippen LogP contribution in [0.1, 0.15) is 246 Å². The maximum absolute atomic E-state index is 12.8. The van der Waals surface area contributed by atoms with Crippen molar-refractivity contribution in [1.82, 2.24) is 4.90 Å². The smallest absolute Gasteiger partial charge is 0.306 e. The molecule has 8 nitrogen and oxygen atoms in total. The fourth-order valence-corrected chi connectivity index (χ4v) is 8.21. The number of esters is 3. The van der Waals surface area contributed by atoms with Gasteiger partial charge in [-0.05, 0) is 63.3 Å². The number of nitrogens with zero attached hydrogens (tertiary/aromatic N) is 1.